The molecule has 1 fully saturated rings. The molecule has 25 heavy (non-hydrogen) atoms. The van der Waals surface area contributed by atoms with Gasteiger partial charge in [-0.2, -0.15) is 0 Å². The van der Waals surface area contributed by atoms with Crippen molar-refractivity contribution in [1.29, 1.82) is 0 Å². The summed E-state index contributed by atoms with van der Waals surface area (Å²) in [7, 11) is 0. The minimum atomic E-state index is 0.0274. The zero-order valence-electron chi connectivity index (χ0n) is 14.4. The van der Waals surface area contributed by atoms with E-state index in [-0.39, 0.29) is 11.9 Å². The van der Waals surface area contributed by atoms with Crippen molar-refractivity contribution in [1.82, 2.24) is 15.4 Å². The van der Waals surface area contributed by atoms with Gasteiger partial charge in [-0.3, -0.25) is 4.79 Å². The highest BCUT2D eigenvalue weighted by Gasteiger charge is 2.27. The molecule has 0 spiro atoms. The molecule has 1 aliphatic heterocycles. The van der Waals surface area contributed by atoms with Gasteiger partial charge in [0.25, 0.3) is 0 Å². The number of nitrogens with one attached hydrogen (secondary N) is 1. The van der Waals surface area contributed by atoms with E-state index in [9.17, 15) is 4.79 Å². The van der Waals surface area contributed by atoms with Crippen molar-refractivity contribution in [2.24, 2.45) is 0 Å². The predicted octanol–water partition coefficient (Wildman–Crippen LogP) is 3.35. The number of rotatable bonds is 5. The first kappa shape index (κ1) is 18.3. The fourth-order valence-corrected chi connectivity index (χ4v) is 4.30. The monoisotopic (exact) mass is 379 g/mol. The van der Waals surface area contributed by atoms with Crippen molar-refractivity contribution in [3.05, 3.63) is 51.9 Å². The Kier molecular flexibility index (Phi) is 6.04. The number of halogens is 1. The van der Waals surface area contributed by atoms with Gasteiger partial charge in [-0.25, -0.2) is 0 Å². The number of aromatic nitrogens is 1. The molecular weight excluding hydrogens is 358 g/mol. The van der Waals surface area contributed by atoms with Crippen LogP contribution in [-0.4, -0.2) is 41.4 Å². The highest BCUT2D eigenvalue weighted by Crippen LogP contribution is 2.26. The molecule has 2 heterocycles. The lowest BCUT2D eigenvalue weighted by atomic mass is 10.0. The van der Waals surface area contributed by atoms with E-state index >= 15 is 0 Å². The molecule has 1 aliphatic rings. The number of benzene rings is 1. The first-order valence-corrected chi connectivity index (χ1v) is 9.84. The summed E-state index contributed by atoms with van der Waals surface area (Å²) in [5, 5.41) is 8.02. The summed E-state index contributed by atoms with van der Waals surface area (Å²) in [4.78, 5) is 14.7. The lowest BCUT2D eigenvalue weighted by Gasteiger charge is -2.36. The van der Waals surface area contributed by atoms with Gasteiger partial charge in [0, 0.05) is 36.0 Å². The van der Waals surface area contributed by atoms with E-state index in [4.69, 9.17) is 16.1 Å². The smallest absolute Gasteiger partial charge is 0.233 e. The van der Waals surface area contributed by atoms with E-state index in [2.05, 4.69) is 10.5 Å². The van der Waals surface area contributed by atoms with Gasteiger partial charge in [-0.05, 0) is 31.5 Å². The molecule has 1 saturated heterocycles. The van der Waals surface area contributed by atoms with Crippen LogP contribution in [0.25, 0.3) is 0 Å². The Hall–Kier alpha value is -1.50. The highest BCUT2D eigenvalue weighted by atomic mass is 35.5. The zero-order valence-corrected chi connectivity index (χ0v) is 16.0. The zero-order chi connectivity index (χ0) is 17.8. The van der Waals surface area contributed by atoms with Crippen molar-refractivity contribution in [2.45, 2.75) is 25.6 Å². The molecule has 5 nitrogen and oxygen atoms in total. The number of piperazine rings is 1. The average Bonchev–Trinajstić information content (AvgIpc) is 2.93. The van der Waals surface area contributed by atoms with Crippen LogP contribution in [0.5, 0.6) is 0 Å². The Bertz CT molecular complexity index is 730. The lowest BCUT2D eigenvalue weighted by molar-refractivity contribution is -0.131. The van der Waals surface area contributed by atoms with Gasteiger partial charge >= 0.3 is 0 Å². The summed E-state index contributed by atoms with van der Waals surface area (Å²) in [6.45, 7) is 6.11. The van der Waals surface area contributed by atoms with Crippen LogP contribution in [0, 0.1) is 13.8 Å². The van der Waals surface area contributed by atoms with E-state index < -0.39 is 0 Å². The second-order valence-electron chi connectivity index (χ2n) is 6.16. The minimum Gasteiger partial charge on any atom is -0.361 e. The largest absolute Gasteiger partial charge is 0.361 e. The van der Waals surface area contributed by atoms with E-state index in [1.54, 1.807) is 11.8 Å². The third-order valence-corrected chi connectivity index (χ3v) is 5.63. The summed E-state index contributed by atoms with van der Waals surface area (Å²) in [5.41, 5.74) is 3.06. The van der Waals surface area contributed by atoms with E-state index in [1.165, 1.54) is 0 Å². The highest BCUT2D eigenvalue weighted by molar-refractivity contribution is 7.99. The molecule has 1 N–H and O–H groups in total. The van der Waals surface area contributed by atoms with Crippen LogP contribution in [0.3, 0.4) is 0 Å². The van der Waals surface area contributed by atoms with Crippen molar-refractivity contribution in [3.8, 4) is 0 Å². The number of amides is 1. The van der Waals surface area contributed by atoms with Crippen molar-refractivity contribution >= 4 is 29.3 Å². The Morgan fingerprint density at radius 2 is 2.32 bits per heavy atom. The third-order valence-electron chi connectivity index (χ3n) is 4.45. The molecule has 1 aromatic carbocycles. The predicted molar refractivity (Wildman–Crippen MR) is 101 cm³/mol. The number of hydrogen-bond donors (Lipinski definition) is 1. The van der Waals surface area contributed by atoms with Crippen LogP contribution in [0.15, 0.2) is 28.8 Å². The fourth-order valence-electron chi connectivity index (χ4n) is 3.05. The van der Waals surface area contributed by atoms with E-state index in [1.807, 2.05) is 43.0 Å². The molecule has 3 rings (SSSR count). The average molecular weight is 380 g/mol. The first-order chi connectivity index (χ1) is 12.1. The van der Waals surface area contributed by atoms with Crippen LogP contribution in [-0.2, 0) is 10.5 Å². The maximum absolute atomic E-state index is 12.8. The Morgan fingerprint density at radius 1 is 1.48 bits per heavy atom. The molecule has 134 valence electrons. The number of carbonyl (C=O) groups excluding carboxylic acids is 1. The molecule has 7 heteroatoms. The number of aryl methyl sites for hydroxylation is 2. The molecule has 1 unspecified atom stereocenters. The van der Waals surface area contributed by atoms with Crippen molar-refractivity contribution < 1.29 is 9.32 Å². The van der Waals surface area contributed by atoms with Crippen molar-refractivity contribution in [3.63, 3.8) is 0 Å². The Labute approximate surface area is 157 Å². The maximum atomic E-state index is 12.8. The van der Waals surface area contributed by atoms with Crippen LogP contribution in [0.4, 0.5) is 0 Å². The van der Waals surface area contributed by atoms with Crippen LogP contribution in [0.2, 0.25) is 5.02 Å². The fraction of sp³-hybridized carbons (Fsp3) is 0.444. The van der Waals surface area contributed by atoms with Crippen LogP contribution < -0.4 is 5.32 Å². The van der Waals surface area contributed by atoms with Gasteiger partial charge < -0.3 is 14.7 Å². The Balaban J connectivity index is 1.63. The summed E-state index contributed by atoms with van der Waals surface area (Å²) in [6, 6.07) is 7.78. The molecule has 0 aliphatic carbocycles. The first-order valence-electron chi connectivity index (χ1n) is 8.31. The minimum absolute atomic E-state index is 0.0274. The number of carbonyl (C=O) groups is 1. The number of hydrogen-bond acceptors (Lipinski definition) is 5. The van der Waals surface area contributed by atoms with Crippen molar-refractivity contribution in [2.75, 3.05) is 25.4 Å². The van der Waals surface area contributed by atoms with E-state index in [0.717, 1.165) is 41.4 Å². The lowest BCUT2D eigenvalue weighted by Crippen LogP contribution is -2.49. The molecule has 0 saturated carbocycles. The normalized spacial score (nSPS) is 17.7. The quantitative estimate of drug-likeness (QED) is 0.863. The van der Waals surface area contributed by atoms with Crippen LogP contribution >= 0.6 is 23.4 Å². The SMILES string of the molecule is Cc1noc(C)c1CSCC(=O)N1CCNCC1c1cccc(Cl)c1. The second kappa shape index (κ2) is 8.25. The summed E-state index contributed by atoms with van der Waals surface area (Å²) in [6.07, 6.45) is 0. The number of thioether (sulfide) groups is 1. The summed E-state index contributed by atoms with van der Waals surface area (Å²) < 4.78 is 5.18. The second-order valence-corrected chi connectivity index (χ2v) is 7.58. The summed E-state index contributed by atoms with van der Waals surface area (Å²) in [5.74, 6) is 2.17. The van der Waals surface area contributed by atoms with Gasteiger partial charge in [-0.15, -0.1) is 11.8 Å². The maximum Gasteiger partial charge on any atom is 0.233 e. The molecular formula is C18H22ClN3O2S. The summed E-state index contributed by atoms with van der Waals surface area (Å²) >= 11 is 7.72. The Morgan fingerprint density at radius 3 is 3.04 bits per heavy atom. The molecule has 0 bridgehead atoms. The van der Waals surface area contributed by atoms with Gasteiger partial charge in [0.2, 0.25) is 5.91 Å². The van der Waals surface area contributed by atoms with Crippen LogP contribution in [0.1, 0.15) is 28.6 Å². The van der Waals surface area contributed by atoms with E-state index in [0.29, 0.717) is 17.3 Å². The van der Waals surface area contributed by atoms with Gasteiger partial charge in [0.1, 0.15) is 5.76 Å². The molecule has 1 atom stereocenters. The topological polar surface area (TPSA) is 58.4 Å². The molecule has 0 radical (unpaired) electrons. The molecule has 1 amide bonds. The third kappa shape index (κ3) is 4.37. The standard InChI is InChI=1S/C18H22ClN3O2S/c1-12-16(13(2)24-21-12)10-25-11-18(23)22-7-6-20-9-17(22)14-4-3-5-15(19)8-14/h3-5,8,17,20H,6-7,9-11H2,1-2H3. The molecule has 2 aromatic rings. The van der Waals surface area contributed by atoms with Gasteiger partial charge in [0.15, 0.2) is 0 Å². The van der Waals surface area contributed by atoms with Gasteiger partial charge in [0.05, 0.1) is 17.5 Å². The number of nitrogens with zero attached hydrogens (tertiary/aromatic N) is 2. The molecule has 1 aromatic heterocycles. The van der Waals surface area contributed by atoms with Gasteiger partial charge in [-0.1, -0.05) is 28.9 Å².